The first-order valence-electron chi connectivity index (χ1n) is 13.1. The van der Waals surface area contributed by atoms with Gasteiger partial charge in [0.25, 0.3) is 11.8 Å². The van der Waals surface area contributed by atoms with Gasteiger partial charge >= 0.3 is 0 Å². The Bertz CT molecular complexity index is 1580. The van der Waals surface area contributed by atoms with Crippen molar-refractivity contribution in [1.29, 1.82) is 0 Å². The summed E-state index contributed by atoms with van der Waals surface area (Å²) in [4.78, 5) is 34.7. The molecule has 0 atom stereocenters. The van der Waals surface area contributed by atoms with Gasteiger partial charge in [-0.2, -0.15) is 10.2 Å². The molecule has 0 bridgehead atoms. The zero-order valence-electron chi connectivity index (χ0n) is 22.6. The van der Waals surface area contributed by atoms with Crippen LogP contribution in [0.15, 0.2) is 24.7 Å². The molecule has 2 aliphatic heterocycles. The second kappa shape index (κ2) is 9.85. The third kappa shape index (κ3) is 4.52. The SMILES string of the molecule is Cc1ncc(C(=O)NCCN2CCCC23COC3)cc1NC(=O)c1cnn2cc(-c3c(C)nn(C)c3C)sc12. The van der Waals surface area contributed by atoms with Crippen molar-refractivity contribution in [3.05, 3.63) is 52.9 Å². The lowest BCUT2D eigenvalue weighted by Crippen LogP contribution is -2.59. The lowest BCUT2D eigenvalue weighted by Gasteiger charge is -2.45. The lowest BCUT2D eigenvalue weighted by molar-refractivity contribution is -0.122. The Hall–Kier alpha value is -3.61. The number of nitrogens with zero attached hydrogens (tertiary/aromatic N) is 6. The van der Waals surface area contributed by atoms with E-state index in [-0.39, 0.29) is 17.4 Å². The average molecular weight is 549 g/mol. The Kier molecular flexibility index (Phi) is 6.48. The molecule has 2 aliphatic rings. The molecule has 2 N–H and O–H groups in total. The highest BCUT2D eigenvalue weighted by atomic mass is 32.1. The molecule has 2 saturated heterocycles. The zero-order chi connectivity index (χ0) is 27.3. The first kappa shape index (κ1) is 25.7. The molecule has 1 spiro atoms. The van der Waals surface area contributed by atoms with Crippen molar-refractivity contribution in [3.8, 4) is 10.4 Å². The number of carbonyl (C=O) groups is 2. The molecule has 2 fully saturated rings. The van der Waals surface area contributed by atoms with E-state index >= 15 is 0 Å². The maximum Gasteiger partial charge on any atom is 0.260 e. The Morgan fingerprint density at radius 1 is 1.15 bits per heavy atom. The van der Waals surface area contributed by atoms with Crippen molar-refractivity contribution in [2.45, 2.75) is 39.2 Å². The van der Waals surface area contributed by atoms with Gasteiger partial charge in [0.05, 0.1) is 58.0 Å². The maximum atomic E-state index is 13.3. The molecule has 12 heteroatoms. The van der Waals surface area contributed by atoms with Crippen LogP contribution < -0.4 is 10.6 Å². The van der Waals surface area contributed by atoms with Crippen molar-refractivity contribution in [1.82, 2.24) is 34.6 Å². The molecular formula is C27H32N8O3S. The number of amides is 2. The minimum absolute atomic E-state index is 0.173. The smallest absolute Gasteiger partial charge is 0.260 e. The molecule has 0 radical (unpaired) electrons. The number of nitrogens with one attached hydrogen (secondary N) is 2. The topological polar surface area (TPSA) is 119 Å². The molecule has 204 valence electrons. The summed E-state index contributed by atoms with van der Waals surface area (Å²) in [6, 6.07) is 1.68. The molecule has 6 rings (SSSR count). The van der Waals surface area contributed by atoms with Crippen molar-refractivity contribution in [2.75, 3.05) is 38.2 Å². The van der Waals surface area contributed by atoms with Gasteiger partial charge in [0, 0.05) is 43.8 Å². The third-order valence-electron chi connectivity index (χ3n) is 7.94. The van der Waals surface area contributed by atoms with E-state index in [1.165, 1.54) is 17.8 Å². The quantitative estimate of drug-likeness (QED) is 0.365. The van der Waals surface area contributed by atoms with Crippen LogP contribution in [0.4, 0.5) is 5.69 Å². The molecule has 39 heavy (non-hydrogen) atoms. The van der Waals surface area contributed by atoms with Gasteiger partial charge in [0.1, 0.15) is 4.83 Å². The van der Waals surface area contributed by atoms with Crippen molar-refractivity contribution >= 4 is 33.7 Å². The molecule has 4 aromatic rings. The number of aromatic nitrogens is 5. The summed E-state index contributed by atoms with van der Waals surface area (Å²) in [5.74, 6) is -0.517. The summed E-state index contributed by atoms with van der Waals surface area (Å²) >= 11 is 1.50. The molecule has 11 nitrogen and oxygen atoms in total. The van der Waals surface area contributed by atoms with Crippen molar-refractivity contribution in [3.63, 3.8) is 0 Å². The van der Waals surface area contributed by atoms with Crippen LogP contribution in [0.2, 0.25) is 0 Å². The Morgan fingerprint density at radius 3 is 2.69 bits per heavy atom. The average Bonchev–Trinajstić information content (AvgIpc) is 3.63. The van der Waals surface area contributed by atoms with E-state index in [4.69, 9.17) is 4.74 Å². The van der Waals surface area contributed by atoms with Crippen LogP contribution in [0, 0.1) is 20.8 Å². The number of likely N-dealkylation sites (tertiary alicyclic amines) is 1. The predicted octanol–water partition coefficient (Wildman–Crippen LogP) is 2.96. The number of fused-ring (bicyclic) bond motifs is 1. The molecule has 2 amide bonds. The number of anilines is 1. The first-order chi connectivity index (χ1) is 18.8. The highest BCUT2D eigenvalue weighted by Gasteiger charge is 2.46. The minimum atomic E-state index is -0.303. The van der Waals surface area contributed by atoms with Crippen LogP contribution in [0.1, 0.15) is 50.6 Å². The van der Waals surface area contributed by atoms with Gasteiger partial charge in [0.15, 0.2) is 0 Å². The van der Waals surface area contributed by atoms with Gasteiger partial charge in [0.2, 0.25) is 0 Å². The number of carbonyl (C=O) groups excluding carboxylic acids is 2. The van der Waals surface area contributed by atoms with E-state index in [0.29, 0.717) is 29.1 Å². The van der Waals surface area contributed by atoms with Crippen LogP contribution in [-0.4, -0.2) is 79.5 Å². The fraction of sp³-hybridized carbons (Fsp3) is 0.444. The second-order valence-electron chi connectivity index (χ2n) is 10.4. The molecule has 0 unspecified atom stereocenters. The van der Waals surface area contributed by atoms with Crippen LogP contribution in [0.5, 0.6) is 0 Å². The first-order valence-corrected chi connectivity index (χ1v) is 13.9. The Balaban J connectivity index is 1.14. The van der Waals surface area contributed by atoms with Crippen LogP contribution in [0.25, 0.3) is 15.3 Å². The van der Waals surface area contributed by atoms with Gasteiger partial charge in [-0.05, 0) is 46.2 Å². The van der Waals surface area contributed by atoms with Gasteiger partial charge in [-0.1, -0.05) is 0 Å². The van der Waals surface area contributed by atoms with Gasteiger partial charge < -0.3 is 15.4 Å². The number of hydrogen-bond acceptors (Lipinski definition) is 8. The summed E-state index contributed by atoms with van der Waals surface area (Å²) in [6.45, 7) is 9.74. The van der Waals surface area contributed by atoms with Gasteiger partial charge in [-0.15, -0.1) is 11.3 Å². The van der Waals surface area contributed by atoms with E-state index in [2.05, 4.69) is 30.7 Å². The van der Waals surface area contributed by atoms with Crippen molar-refractivity contribution < 1.29 is 14.3 Å². The lowest BCUT2D eigenvalue weighted by atomic mass is 9.94. The van der Waals surface area contributed by atoms with E-state index in [1.807, 2.05) is 31.8 Å². The van der Waals surface area contributed by atoms with Crippen LogP contribution in [0.3, 0.4) is 0 Å². The number of hydrogen-bond donors (Lipinski definition) is 2. The van der Waals surface area contributed by atoms with Crippen LogP contribution >= 0.6 is 11.3 Å². The largest absolute Gasteiger partial charge is 0.377 e. The maximum absolute atomic E-state index is 13.3. The summed E-state index contributed by atoms with van der Waals surface area (Å²) in [7, 11) is 1.92. The van der Waals surface area contributed by atoms with E-state index in [0.717, 1.165) is 59.4 Å². The predicted molar refractivity (Wildman–Crippen MR) is 148 cm³/mol. The molecule has 0 aliphatic carbocycles. The second-order valence-corrected chi connectivity index (χ2v) is 11.5. The zero-order valence-corrected chi connectivity index (χ0v) is 23.4. The molecular weight excluding hydrogens is 516 g/mol. The van der Waals surface area contributed by atoms with E-state index < -0.39 is 0 Å². The van der Waals surface area contributed by atoms with Crippen LogP contribution in [-0.2, 0) is 11.8 Å². The number of rotatable bonds is 7. The number of aryl methyl sites for hydroxylation is 3. The molecule has 4 aromatic heterocycles. The van der Waals surface area contributed by atoms with Crippen molar-refractivity contribution in [2.24, 2.45) is 7.05 Å². The van der Waals surface area contributed by atoms with E-state index in [1.54, 1.807) is 29.9 Å². The third-order valence-corrected chi connectivity index (χ3v) is 9.07. The highest BCUT2D eigenvalue weighted by Crippen LogP contribution is 2.36. The summed E-state index contributed by atoms with van der Waals surface area (Å²) in [5.41, 5.74) is 5.19. The molecule has 6 heterocycles. The summed E-state index contributed by atoms with van der Waals surface area (Å²) < 4.78 is 9.02. The van der Waals surface area contributed by atoms with Gasteiger partial charge in [-0.25, -0.2) is 4.52 Å². The Labute approximate surface area is 230 Å². The van der Waals surface area contributed by atoms with E-state index in [9.17, 15) is 9.59 Å². The number of pyridine rings is 1. The monoisotopic (exact) mass is 548 g/mol. The molecule has 0 aromatic carbocycles. The fourth-order valence-electron chi connectivity index (χ4n) is 5.58. The normalized spacial score (nSPS) is 16.6. The minimum Gasteiger partial charge on any atom is -0.377 e. The summed E-state index contributed by atoms with van der Waals surface area (Å²) in [5, 5.41) is 14.8. The number of ether oxygens (including phenoxy) is 1. The standard InChI is InChI=1S/C27H32N8O3S/c1-16-21(10-19(11-29-16)24(36)28-7-9-34-8-5-6-27(34)14-38-15-27)31-25(37)20-12-30-35-13-22(39-26(20)35)23-17(2)32-33(4)18(23)3/h10-13H,5-9,14-15H2,1-4H3,(H,28,36)(H,31,37). The fourth-order valence-corrected chi connectivity index (χ4v) is 6.78. The summed E-state index contributed by atoms with van der Waals surface area (Å²) in [6.07, 6.45) is 7.35. The molecule has 0 saturated carbocycles. The highest BCUT2D eigenvalue weighted by molar-refractivity contribution is 7.21. The number of thiazole rings is 1. The Morgan fingerprint density at radius 2 is 1.97 bits per heavy atom. The van der Waals surface area contributed by atoms with Gasteiger partial charge in [-0.3, -0.25) is 24.2 Å².